The summed E-state index contributed by atoms with van der Waals surface area (Å²) < 4.78 is 36.6. The number of rotatable bonds is 9. The first-order chi connectivity index (χ1) is 15.5. The number of hydrogen-bond donors (Lipinski definition) is 0. The Morgan fingerprint density at radius 3 is 2.45 bits per heavy atom. The molecular formula is C24H23O8S-. The third-order valence-corrected chi connectivity index (χ3v) is 6.77. The fraction of sp³-hybridized carbons (Fsp3) is 0.292. The number of aryl methyl sites for hydroxylation is 1. The highest BCUT2D eigenvalue weighted by molar-refractivity contribution is 7.87. The number of cyclic esters (lactones) is 1. The fourth-order valence-corrected chi connectivity index (χ4v) is 4.56. The van der Waals surface area contributed by atoms with Crippen LogP contribution in [0.3, 0.4) is 0 Å². The number of ether oxygens (including phenoxy) is 1. The average molecular weight is 472 g/mol. The van der Waals surface area contributed by atoms with E-state index in [1.165, 1.54) is 12.1 Å². The van der Waals surface area contributed by atoms with Gasteiger partial charge in [0.15, 0.2) is 12.0 Å². The molecule has 0 radical (unpaired) electrons. The van der Waals surface area contributed by atoms with Gasteiger partial charge in [0, 0.05) is 22.7 Å². The smallest absolute Gasteiger partial charge is 0.342 e. The maximum absolute atomic E-state index is 13.0. The SMILES string of the molecule is C/C(=C\Cc1c(C=O)c(C)c2c(c1OS(=O)(=O)c1ccc(C)cc1)C(=O)OC2)CCC(=O)[O-]. The number of carbonyl (C=O) groups is 3. The number of allylic oxidation sites excluding steroid dienone is 2. The summed E-state index contributed by atoms with van der Waals surface area (Å²) in [6, 6.07) is 6.01. The lowest BCUT2D eigenvalue weighted by molar-refractivity contribution is -0.305. The Balaban J connectivity index is 2.14. The number of aliphatic carboxylic acids is 1. The summed E-state index contributed by atoms with van der Waals surface area (Å²) >= 11 is 0. The van der Waals surface area contributed by atoms with Crippen LogP contribution in [0, 0.1) is 13.8 Å². The molecule has 0 bridgehead atoms. The Labute approximate surface area is 192 Å². The second kappa shape index (κ2) is 9.58. The standard InChI is InChI=1S/C24H24O8S/c1-14-4-8-17(9-5-14)33(29,30)32-23-18(10-6-15(2)7-11-21(26)27)19(12-25)16(3)20-13-31-24(28)22(20)23/h4-6,8-9,12H,7,10-11,13H2,1-3H3,(H,26,27)/p-1/b15-6+. The van der Waals surface area contributed by atoms with Gasteiger partial charge in [-0.05, 0) is 57.7 Å². The van der Waals surface area contributed by atoms with Crippen LogP contribution in [-0.2, 0) is 32.7 Å². The lowest BCUT2D eigenvalue weighted by atomic mass is 9.91. The Bertz CT molecular complexity index is 1250. The van der Waals surface area contributed by atoms with Crippen molar-refractivity contribution in [1.29, 1.82) is 0 Å². The predicted molar refractivity (Wildman–Crippen MR) is 116 cm³/mol. The van der Waals surface area contributed by atoms with E-state index in [1.54, 1.807) is 32.1 Å². The van der Waals surface area contributed by atoms with E-state index >= 15 is 0 Å². The predicted octanol–water partition coefficient (Wildman–Crippen LogP) is 2.57. The van der Waals surface area contributed by atoms with Gasteiger partial charge in [0.05, 0.1) is 0 Å². The Kier molecular flexibility index (Phi) is 7.02. The van der Waals surface area contributed by atoms with Gasteiger partial charge < -0.3 is 18.8 Å². The van der Waals surface area contributed by atoms with Gasteiger partial charge in [-0.3, -0.25) is 4.79 Å². The second-order valence-electron chi connectivity index (χ2n) is 7.87. The van der Waals surface area contributed by atoms with Crippen LogP contribution in [0.1, 0.15) is 62.7 Å². The van der Waals surface area contributed by atoms with Crippen LogP contribution >= 0.6 is 0 Å². The van der Waals surface area contributed by atoms with E-state index in [1.807, 2.05) is 6.92 Å². The highest BCUT2D eigenvalue weighted by atomic mass is 32.2. The number of hydrogen-bond acceptors (Lipinski definition) is 8. The maximum Gasteiger partial charge on any atom is 0.342 e. The van der Waals surface area contributed by atoms with Gasteiger partial charge in [-0.2, -0.15) is 8.42 Å². The molecular weight excluding hydrogens is 448 g/mol. The monoisotopic (exact) mass is 471 g/mol. The van der Waals surface area contributed by atoms with E-state index in [-0.39, 0.29) is 53.2 Å². The molecule has 0 atom stereocenters. The van der Waals surface area contributed by atoms with Crippen LogP contribution in [0.4, 0.5) is 0 Å². The number of esters is 1. The van der Waals surface area contributed by atoms with E-state index in [4.69, 9.17) is 8.92 Å². The number of fused-ring (bicyclic) bond motifs is 1. The van der Waals surface area contributed by atoms with Crippen molar-refractivity contribution >= 4 is 28.3 Å². The van der Waals surface area contributed by atoms with E-state index < -0.39 is 22.1 Å². The van der Waals surface area contributed by atoms with Crippen LogP contribution < -0.4 is 9.29 Å². The van der Waals surface area contributed by atoms with Crippen LogP contribution in [0.5, 0.6) is 5.75 Å². The maximum atomic E-state index is 13.0. The Morgan fingerprint density at radius 1 is 1.18 bits per heavy atom. The largest absolute Gasteiger partial charge is 0.550 e. The van der Waals surface area contributed by atoms with Crippen molar-refractivity contribution in [3.8, 4) is 5.75 Å². The first kappa shape index (κ1) is 24.2. The highest BCUT2D eigenvalue weighted by Gasteiger charge is 2.34. The highest BCUT2D eigenvalue weighted by Crippen LogP contribution is 2.39. The van der Waals surface area contributed by atoms with Crippen LogP contribution in [0.25, 0.3) is 0 Å². The first-order valence-corrected chi connectivity index (χ1v) is 11.6. The number of carboxylic acids is 1. The second-order valence-corrected chi connectivity index (χ2v) is 9.42. The summed E-state index contributed by atoms with van der Waals surface area (Å²) in [6.07, 6.45) is 2.35. The summed E-state index contributed by atoms with van der Waals surface area (Å²) in [5, 5.41) is 10.7. The molecule has 1 aliphatic heterocycles. The average Bonchev–Trinajstić information content (AvgIpc) is 3.15. The molecule has 2 aromatic rings. The van der Waals surface area contributed by atoms with E-state index in [0.29, 0.717) is 23.0 Å². The zero-order valence-corrected chi connectivity index (χ0v) is 19.3. The third-order valence-electron chi connectivity index (χ3n) is 5.54. The van der Waals surface area contributed by atoms with Gasteiger partial charge in [-0.15, -0.1) is 0 Å². The lowest BCUT2D eigenvalue weighted by Gasteiger charge is -2.18. The minimum Gasteiger partial charge on any atom is -0.550 e. The van der Waals surface area contributed by atoms with Crippen LogP contribution in [-0.4, -0.2) is 26.6 Å². The number of carbonyl (C=O) groups excluding carboxylic acids is 3. The summed E-state index contributed by atoms with van der Waals surface area (Å²) in [6.45, 7) is 5.08. The molecule has 1 aliphatic rings. The zero-order chi connectivity index (χ0) is 24.3. The van der Waals surface area contributed by atoms with Crippen molar-refractivity contribution in [3.05, 3.63) is 69.3 Å². The fourth-order valence-electron chi connectivity index (χ4n) is 3.59. The third kappa shape index (κ3) is 5.14. The molecule has 0 N–H and O–H groups in total. The van der Waals surface area contributed by atoms with Gasteiger partial charge in [0.2, 0.25) is 0 Å². The molecule has 0 aromatic heterocycles. The molecule has 9 heteroatoms. The van der Waals surface area contributed by atoms with Gasteiger partial charge in [-0.1, -0.05) is 29.3 Å². The van der Waals surface area contributed by atoms with Crippen molar-refractivity contribution in [1.82, 2.24) is 0 Å². The molecule has 0 amide bonds. The summed E-state index contributed by atoms with van der Waals surface area (Å²) in [5.41, 5.74) is 2.84. The molecule has 3 rings (SSSR count). The molecule has 0 unspecified atom stereocenters. The summed E-state index contributed by atoms with van der Waals surface area (Å²) in [4.78, 5) is 35.1. The van der Waals surface area contributed by atoms with Gasteiger partial charge in [-0.25, -0.2) is 4.79 Å². The zero-order valence-electron chi connectivity index (χ0n) is 18.5. The van der Waals surface area contributed by atoms with E-state index in [2.05, 4.69) is 0 Å². The van der Waals surface area contributed by atoms with E-state index in [0.717, 1.165) is 5.56 Å². The summed E-state index contributed by atoms with van der Waals surface area (Å²) in [7, 11) is -4.33. The van der Waals surface area contributed by atoms with Gasteiger partial charge in [0.25, 0.3) is 0 Å². The molecule has 33 heavy (non-hydrogen) atoms. The lowest BCUT2D eigenvalue weighted by Crippen LogP contribution is -2.21. The summed E-state index contributed by atoms with van der Waals surface area (Å²) in [5.74, 6) is -2.18. The van der Waals surface area contributed by atoms with E-state index in [9.17, 15) is 27.9 Å². The molecule has 2 aromatic carbocycles. The molecule has 0 aliphatic carbocycles. The minimum absolute atomic E-state index is 0.0235. The molecule has 0 saturated heterocycles. The van der Waals surface area contributed by atoms with Crippen LogP contribution in [0.15, 0.2) is 40.8 Å². The molecule has 1 heterocycles. The Morgan fingerprint density at radius 2 is 1.85 bits per heavy atom. The number of benzene rings is 2. The van der Waals surface area contributed by atoms with Crippen molar-refractivity contribution in [2.75, 3.05) is 0 Å². The molecule has 0 saturated carbocycles. The first-order valence-electron chi connectivity index (χ1n) is 10.2. The van der Waals surface area contributed by atoms with Crippen molar-refractivity contribution < 1.29 is 36.8 Å². The topological polar surface area (TPSA) is 127 Å². The van der Waals surface area contributed by atoms with Crippen molar-refractivity contribution in [2.24, 2.45) is 0 Å². The van der Waals surface area contributed by atoms with Crippen LogP contribution in [0.2, 0.25) is 0 Å². The molecule has 174 valence electrons. The number of aldehydes is 1. The Hall–Kier alpha value is -3.46. The van der Waals surface area contributed by atoms with Crippen molar-refractivity contribution in [3.63, 3.8) is 0 Å². The number of carboxylic acid groups (broad SMARTS) is 1. The normalized spacial score (nSPS) is 13.4. The minimum atomic E-state index is -4.33. The quantitative estimate of drug-likeness (QED) is 0.236. The van der Waals surface area contributed by atoms with Crippen molar-refractivity contribution in [2.45, 2.75) is 51.5 Å². The molecule has 0 spiro atoms. The molecule has 8 nitrogen and oxygen atoms in total. The van der Waals surface area contributed by atoms with Gasteiger partial charge >= 0.3 is 16.1 Å². The van der Waals surface area contributed by atoms with Gasteiger partial charge in [0.1, 0.15) is 17.1 Å². The molecule has 0 fully saturated rings.